The summed E-state index contributed by atoms with van der Waals surface area (Å²) in [6.07, 6.45) is 4.13. The summed E-state index contributed by atoms with van der Waals surface area (Å²) in [4.78, 5) is 0. The van der Waals surface area contributed by atoms with E-state index in [9.17, 15) is 5.11 Å². The summed E-state index contributed by atoms with van der Waals surface area (Å²) in [7, 11) is 0. The zero-order chi connectivity index (χ0) is 22.9. The number of fused-ring (bicyclic) bond motifs is 1. The minimum absolute atomic E-state index is 0.198. The van der Waals surface area contributed by atoms with Gasteiger partial charge in [-0.2, -0.15) is 5.10 Å². The molecule has 0 bridgehead atoms. The number of aliphatic hydroxyl groups is 1. The molecular weight excluding hydrogens is 394 g/mol. The summed E-state index contributed by atoms with van der Waals surface area (Å²) in [6, 6.07) is 17.1. The van der Waals surface area contributed by atoms with Gasteiger partial charge in [0.05, 0.1) is 11.9 Å². The van der Waals surface area contributed by atoms with Crippen molar-refractivity contribution in [2.75, 3.05) is 0 Å². The van der Waals surface area contributed by atoms with Crippen molar-refractivity contribution in [2.24, 2.45) is 5.41 Å². The largest absolute Gasteiger partial charge is 0.378 e. The van der Waals surface area contributed by atoms with E-state index in [4.69, 9.17) is 5.10 Å². The zero-order valence-electron chi connectivity index (χ0n) is 19.7. The van der Waals surface area contributed by atoms with Crippen molar-refractivity contribution < 1.29 is 5.11 Å². The predicted molar refractivity (Wildman–Crippen MR) is 130 cm³/mol. The number of aryl methyl sites for hydroxylation is 1. The van der Waals surface area contributed by atoms with Crippen LogP contribution >= 0.6 is 0 Å². The highest BCUT2D eigenvalue weighted by Gasteiger charge is 2.35. The van der Waals surface area contributed by atoms with E-state index in [0.717, 1.165) is 30.6 Å². The third kappa shape index (κ3) is 5.30. The van der Waals surface area contributed by atoms with E-state index >= 15 is 0 Å². The standard InChI is InChI=1S/C28H33N3O/c1-20-6-12-23(13-7-20)31-26-17-27(2,3)16-25(24(26)19-30-31)29-18-22-10-8-21(9-11-22)14-15-28(4,5)32/h6-13,19,25,29,32H,16-18H2,1-5H3. The minimum Gasteiger partial charge on any atom is -0.378 e. The van der Waals surface area contributed by atoms with Crippen LogP contribution in [0.2, 0.25) is 0 Å². The molecule has 1 unspecified atom stereocenters. The molecule has 0 saturated carbocycles. The summed E-state index contributed by atoms with van der Waals surface area (Å²) in [5.74, 6) is 5.89. The molecule has 0 radical (unpaired) electrons. The summed E-state index contributed by atoms with van der Waals surface area (Å²) in [6.45, 7) is 11.0. The Labute approximate surface area is 191 Å². The smallest absolute Gasteiger partial charge is 0.120 e. The van der Waals surface area contributed by atoms with Gasteiger partial charge in [0.25, 0.3) is 0 Å². The van der Waals surface area contributed by atoms with Crippen molar-refractivity contribution in [3.63, 3.8) is 0 Å². The SMILES string of the molecule is Cc1ccc(-n2ncc3c2CC(C)(C)CC3NCc2ccc(C#CC(C)(C)O)cc2)cc1. The maximum atomic E-state index is 9.78. The number of hydrogen-bond donors (Lipinski definition) is 2. The lowest BCUT2D eigenvalue weighted by molar-refractivity contribution is 0.143. The first-order valence-corrected chi connectivity index (χ1v) is 11.3. The molecule has 0 spiro atoms. The van der Waals surface area contributed by atoms with E-state index in [-0.39, 0.29) is 11.5 Å². The van der Waals surface area contributed by atoms with E-state index < -0.39 is 5.60 Å². The molecule has 1 atom stereocenters. The van der Waals surface area contributed by atoms with Crippen LogP contribution in [-0.2, 0) is 13.0 Å². The number of benzene rings is 2. The number of aromatic nitrogens is 2. The summed E-state index contributed by atoms with van der Waals surface area (Å²) in [5, 5.41) is 18.3. The maximum Gasteiger partial charge on any atom is 0.120 e. The van der Waals surface area contributed by atoms with Gasteiger partial charge in [0.1, 0.15) is 5.60 Å². The molecule has 4 rings (SSSR count). The molecule has 1 aromatic heterocycles. The van der Waals surface area contributed by atoms with Crippen LogP contribution in [0.1, 0.15) is 68.1 Å². The fourth-order valence-electron chi connectivity index (χ4n) is 4.31. The van der Waals surface area contributed by atoms with Gasteiger partial charge in [-0.05, 0) is 68.9 Å². The van der Waals surface area contributed by atoms with Gasteiger partial charge >= 0.3 is 0 Å². The van der Waals surface area contributed by atoms with Gasteiger partial charge in [-0.25, -0.2) is 4.68 Å². The van der Waals surface area contributed by atoms with Crippen molar-refractivity contribution in [3.8, 4) is 17.5 Å². The molecule has 1 aliphatic rings. The first kappa shape index (κ1) is 22.3. The third-order valence-corrected chi connectivity index (χ3v) is 5.98. The molecule has 2 aromatic carbocycles. The van der Waals surface area contributed by atoms with Crippen LogP contribution in [0, 0.1) is 24.2 Å². The second-order valence-electron chi connectivity index (χ2n) is 10.3. The number of nitrogens with one attached hydrogen (secondary N) is 1. The predicted octanol–water partition coefficient (Wildman–Crippen LogP) is 5.11. The Morgan fingerprint density at radius 1 is 1.12 bits per heavy atom. The lowest BCUT2D eigenvalue weighted by Gasteiger charge is -2.36. The summed E-state index contributed by atoms with van der Waals surface area (Å²) >= 11 is 0. The Morgan fingerprint density at radius 2 is 1.81 bits per heavy atom. The first-order chi connectivity index (χ1) is 15.1. The van der Waals surface area contributed by atoms with E-state index in [1.54, 1.807) is 13.8 Å². The average Bonchev–Trinajstić information content (AvgIpc) is 3.14. The topological polar surface area (TPSA) is 50.1 Å². The average molecular weight is 428 g/mol. The molecule has 4 nitrogen and oxygen atoms in total. The Balaban J connectivity index is 1.51. The van der Waals surface area contributed by atoms with E-state index in [2.05, 4.69) is 79.0 Å². The van der Waals surface area contributed by atoms with Crippen LogP contribution in [0.15, 0.2) is 54.7 Å². The zero-order valence-corrected chi connectivity index (χ0v) is 19.7. The first-order valence-electron chi connectivity index (χ1n) is 11.3. The Morgan fingerprint density at radius 3 is 2.47 bits per heavy atom. The van der Waals surface area contributed by atoms with Crippen LogP contribution < -0.4 is 5.32 Å². The number of nitrogens with zero attached hydrogens (tertiary/aromatic N) is 2. The van der Waals surface area contributed by atoms with Crippen molar-refractivity contribution in [2.45, 2.75) is 65.6 Å². The molecule has 0 amide bonds. The van der Waals surface area contributed by atoms with Gasteiger partial charge in [0, 0.05) is 29.4 Å². The third-order valence-electron chi connectivity index (χ3n) is 5.98. The van der Waals surface area contributed by atoms with E-state index in [1.165, 1.54) is 22.4 Å². The molecule has 32 heavy (non-hydrogen) atoms. The summed E-state index contributed by atoms with van der Waals surface area (Å²) in [5.41, 5.74) is 6.34. The molecule has 1 heterocycles. The molecule has 0 saturated heterocycles. The van der Waals surface area contributed by atoms with Gasteiger partial charge in [0.2, 0.25) is 0 Å². The van der Waals surface area contributed by atoms with Crippen LogP contribution in [0.25, 0.3) is 5.69 Å². The molecule has 0 aliphatic heterocycles. The molecule has 1 aliphatic carbocycles. The molecule has 0 fully saturated rings. The molecular formula is C28H33N3O. The van der Waals surface area contributed by atoms with Crippen molar-refractivity contribution in [1.29, 1.82) is 0 Å². The van der Waals surface area contributed by atoms with E-state index in [0.29, 0.717) is 0 Å². The molecule has 4 heteroatoms. The quantitative estimate of drug-likeness (QED) is 0.569. The van der Waals surface area contributed by atoms with Crippen LogP contribution in [0.3, 0.4) is 0 Å². The van der Waals surface area contributed by atoms with Crippen LogP contribution in [0.4, 0.5) is 0 Å². The van der Waals surface area contributed by atoms with Gasteiger partial charge in [-0.3, -0.25) is 0 Å². The van der Waals surface area contributed by atoms with Crippen LogP contribution in [0.5, 0.6) is 0 Å². The van der Waals surface area contributed by atoms with Crippen molar-refractivity contribution >= 4 is 0 Å². The van der Waals surface area contributed by atoms with Crippen molar-refractivity contribution in [1.82, 2.24) is 15.1 Å². The number of rotatable bonds is 4. The summed E-state index contributed by atoms with van der Waals surface area (Å²) < 4.78 is 2.11. The molecule has 166 valence electrons. The second kappa shape index (κ2) is 8.58. The van der Waals surface area contributed by atoms with Gasteiger partial charge in [-0.1, -0.05) is 55.5 Å². The Kier molecular flexibility index (Phi) is 5.99. The second-order valence-corrected chi connectivity index (χ2v) is 10.3. The number of hydrogen-bond acceptors (Lipinski definition) is 3. The van der Waals surface area contributed by atoms with Gasteiger partial charge < -0.3 is 10.4 Å². The fourth-order valence-corrected chi connectivity index (χ4v) is 4.31. The monoisotopic (exact) mass is 427 g/mol. The highest BCUT2D eigenvalue weighted by Crippen LogP contribution is 2.41. The molecule has 2 N–H and O–H groups in total. The normalized spacial score (nSPS) is 17.4. The van der Waals surface area contributed by atoms with Crippen LogP contribution in [-0.4, -0.2) is 20.5 Å². The highest BCUT2D eigenvalue weighted by molar-refractivity contribution is 5.40. The Bertz CT molecular complexity index is 1140. The highest BCUT2D eigenvalue weighted by atomic mass is 16.3. The lowest BCUT2D eigenvalue weighted by Crippen LogP contribution is -2.33. The fraction of sp³-hybridized carbons (Fsp3) is 0.393. The lowest BCUT2D eigenvalue weighted by atomic mass is 9.74. The maximum absolute atomic E-state index is 9.78. The van der Waals surface area contributed by atoms with Gasteiger partial charge in [0.15, 0.2) is 0 Å². The Hall–Kier alpha value is -2.87. The van der Waals surface area contributed by atoms with Crippen molar-refractivity contribution in [3.05, 3.63) is 82.7 Å². The molecule has 3 aromatic rings. The van der Waals surface area contributed by atoms with Gasteiger partial charge in [-0.15, -0.1) is 0 Å². The minimum atomic E-state index is -0.977. The van der Waals surface area contributed by atoms with E-state index in [1.807, 2.05) is 18.3 Å².